The third kappa shape index (κ3) is 3.46. The minimum atomic E-state index is -0.195. The van der Waals surface area contributed by atoms with E-state index in [1.165, 1.54) is 0 Å². The highest BCUT2D eigenvalue weighted by Gasteiger charge is 2.39. The number of aliphatic hydroxyl groups is 2. The largest absolute Gasteiger partial charge is 0.393 e. The molecule has 0 amide bonds. The van der Waals surface area contributed by atoms with Crippen LogP contribution < -0.4 is 0 Å². The third-order valence-electron chi connectivity index (χ3n) is 3.99. The van der Waals surface area contributed by atoms with Gasteiger partial charge in [-0.2, -0.15) is 0 Å². The lowest BCUT2D eigenvalue weighted by Crippen LogP contribution is -2.40. The predicted molar refractivity (Wildman–Crippen MR) is 62.6 cm³/mol. The Morgan fingerprint density at radius 1 is 1.40 bits per heavy atom. The molecule has 0 aromatic rings. The molecule has 0 spiro atoms. The van der Waals surface area contributed by atoms with Gasteiger partial charge in [0.15, 0.2) is 0 Å². The maximum absolute atomic E-state index is 9.76. The lowest BCUT2D eigenvalue weighted by molar-refractivity contribution is -0.0197. The van der Waals surface area contributed by atoms with Gasteiger partial charge >= 0.3 is 0 Å². The molecule has 0 aromatic carbocycles. The van der Waals surface area contributed by atoms with E-state index < -0.39 is 0 Å². The van der Waals surface area contributed by atoms with Crippen LogP contribution >= 0.6 is 0 Å². The van der Waals surface area contributed by atoms with E-state index in [0.29, 0.717) is 11.8 Å². The van der Waals surface area contributed by atoms with Gasteiger partial charge in [-0.3, -0.25) is 0 Å². The van der Waals surface area contributed by atoms with Crippen LogP contribution in [-0.4, -0.2) is 22.4 Å². The molecule has 0 aliphatic heterocycles. The van der Waals surface area contributed by atoms with Gasteiger partial charge in [0.2, 0.25) is 0 Å². The van der Waals surface area contributed by atoms with Gasteiger partial charge in [-0.1, -0.05) is 20.8 Å². The molecule has 4 atom stereocenters. The molecule has 1 aliphatic carbocycles. The van der Waals surface area contributed by atoms with Gasteiger partial charge in [0.1, 0.15) is 0 Å². The summed E-state index contributed by atoms with van der Waals surface area (Å²) in [4.78, 5) is 0. The molecule has 90 valence electrons. The third-order valence-corrected chi connectivity index (χ3v) is 3.99. The highest BCUT2D eigenvalue weighted by atomic mass is 16.3. The zero-order chi connectivity index (χ0) is 11.6. The van der Waals surface area contributed by atoms with Crippen LogP contribution in [0, 0.1) is 17.3 Å². The summed E-state index contributed by atoms with van der Waals surface area (Å²) in [7, 11) is 0. The molecule has 1 rings (SSSR count). The van der Waals surface area contributed by atoms with Crippen molar-refractivity contribution in [2.24, 2.45) is 17.3 Å². The topological polar surface area (TPSA) is 40.5 Å². The first-order chi connectivity index (χ1) is 6.83. The molecule has 0 heterocycles. The zero-order valence-corrected chi connectivity index (χ0v) is 10.5. The highest BCUT2D eigenvalue weighted by Crippen LogP contribution is 2.46. The lowest BCUT2D eigenvalue weighted by Gasteiger charge is -2.45. The fraction of sp³-hybridized carbons (Fsp3) is 1.00. The Morgan fingerprint density at radius 3 is 2.47 bits per heavy atom. The normalized spacial score (nSPS) is 37.6. The highest BCUT2D eigenvalue weighted by molar-refractivity contribution is 4.90. The van der Waals surface area contributed by atoms with Crippen LogP contribution in [0.15, 0.2) is 0 Å². The standard InChI is InChI=1S/C13H26O2/c1-9-7-11(15)8-13(3,4)12(9)6-5-10(2)14/h9-12,14-15H,5-8H2,1-4H3. The van der Waals surface area contributed by atoms with Crippen molar-refractivity contribution in [3.05, 3.63) is 0 Å². The number of hydrogen-bond acceptors (Lipinski definition) is 2. The van der Waals surface area contributed by atoms with Crippen molar-refractivity contribution in [1.29, 1.82) is 0 Å². The molecular formula is C13H26O2. The number of hydrogen-bond donors (Lipinski definition) is 2. The van der Waals surface area contributed by atoms with E-state index in [4.69, 9.17) is 0 Å². The van der Waals surface area contributed by atoms with Gasteiger partial charge in [0.25, 0.3) is 0 Å². The average molecular weight is 214 g/mol. The second-order valence-corrected chi connectivity index (χ2v) is 6.09. The van der Waals surface area contributed by atoms with Crippen LogP contribution in [0.2, 0.25) is 0 Å². The first-order valence-electron chi connectivity index (χ1n) is 6.19. The Kier molecular flexibility index (Phi) is 4.19. The summed E-state index contributed by atoms with van der Waals surface area (Å²) in [5, 5.41) is 19.1. The van der Waals surface area contributed by atoms with E-state index >= 15 is 0 Å². The van der Waals surface area contributed by atoms with Crippen molar-refractivity contribution in [1.82, 2.24) is 0 Å². The maximum atomic E-state index is 9.76. The molecule has 0 aromatic heterocycles. The molecular weight excluding hydrogens is 188 g/mol. The Labute approximate surface area is 93.7 Å². The molecule has 2 nitrogen and oxygen atoms in total. The first-order valence-corrected chi connectivity index (χ1v) is 6.19. The number of rotatable bonds is 3. The summed E-state index contributed by atoms with van der Waals surface area (Å²) in [6.45, 7) is 8.59. The smallest absolute Gasteiger partial charge is 0.0548 e. The van der Waals surface area contributed by atoms with Crippen LogP contribution in [0.4, 0.5) is 0 Å². The van der Waals surface area contributed by atoms with Crippen LogP contribution in [0.25, 0.3) is 0 Å². The Bertz CT molecular complexity index is 199. The van der Waals surface area contributed by atoms with Crippen molar-refractivity contribution in [3.8, 4) is 0 Å². The molecule has 0 saturated heterocycles. The lowest BCUT2D eigenvalue weighted by atomic mass is 9.61. The van der Waals surface area contributed by atoms with E-state index in [1.54, 1.807) is 0 Å². The molecule has 4 unspecified atom stereocenters. The molecule has 2 heteroatoms. The van der Waals surface area contributed by atoms with Crippen LogP contribution in [0.5, 0.6) is 0 Å². The maximum Gasteiger partial charge on any atom is 0.0548 e. The van der Waals surface area contributed by atoms with Gasteiger partial charge in [-0.05, 0) is 49.9 Å². The van der Waals surface area contributed by atoms with E-state index in [2.05, 4.69) is 20.8 Å². The molecule has 0 bridgehead atoms. The summed E-state index contributed by atoms with van der Waals surface area (Å²) in [6, 6.07) is 0. The van der Waals surface area contributed by atoms with Gasteiger partial charge in [0.05, 0.1) is 12.2 Å². The van der Waals surface area contributed by atoms with E-state index in [0.717, 1.165) is 25.7 Å². The van der Waals surface area contributed by atoms with Crippen molar-refractivity contribution in [2.45, 2.75) is 65.6 Å². The molecule has 2 N–H and O–H groups in total. The predicted octanol–water partition coefficient (Wildman–Crippen LogP) is 2.58. The minimum absolute atomic E-state index is 0.127. The molecule has 1 fully saturated rings. The molecule has 1 aliphatic rings. The zero-order valence-electron chi connectivity index (χ0n) is 10.5. The monoisotopic (exact) mass is 214 g/mol. The van der Waals surface area contributed by atoms with E-state index in [1.807, 2.05) is 6.92 Å². The fourth-order valence-corrected chi connectivity index (χ4v) is 3.30. The SMILES string of the molecule is CC(O)CCC1C(C)CC(O)CC1(C)C. The molecule has 0 radical (unpaired) electrons. The van der Waals surface area contributed by atoms with Crippen molar-refractivity contribution < 1.29 is 10.2 Å². The van der Waals surface area contributed by atoms with Crippen LogP contribution in [0.3, 0.4) is 0 Å². The summed E-state index contributed by atoms with van der Waals surface area (Å²) >= 11 is 0. The van der Waals surface area contributed by atoms with E-state index in [-0.39, 0.29) is 17.6 Å². The van der Waals surface area contributed by atoms with Crippen LogP contribution in [-0.2, 0) is 0 Å². The van der Waals surface area contributed by atoms with Crippen molar-refractivity contribution in [3.63, 3.8) is 0 Å². The Hall–Kier alpha value is -0.0800. The van der Waals surface area contributed by atoms with Gasteiger partial charge < -0.3 is 10.2 Å². The number of aliphatic hydroxyl groups excluding tert-OH is 2. The second-order valence-electron chi connectivity index (χ2n) is 6.09. The summed E-state index contributed by atoms with van der Waals surface area (Å²) in [6.07, 6.45) is 3.47. The Morgan fingerprint density at radius 2 is 2.00 bits per heavy atom. The average Bonchev–Trinajstić information content (AvgIpc) is 1.98. The summed E-state index contributed by atoms with van der Waals surface area (Å²) < 4.78 is 0. The first kappa shape index (κ1) is 13.0. The quantitative estimate of drug-likeness (QED) is 0.758. The minimum Gasteiger partial charge on any atom is -0.393 e. The van der Waals surface area contributed by atoms with Crippen LogP contribution in [0.1, 0.15) is 53.4 Å². The second kappa shape index (κ2) is 4.84. The van der Waals surface area contributed by atoms with Crippen molar-refractivity contribution in [2.75, 3.05) is 0 Å². The van der Waals surface area contributed by atoms with Crippen molar-refractivity contribution >= 4 is 0 Å². The molecule has 1 saturated carbocycles. The van der Waals surface area contributed by atoms with Gasteiger partial charge in [0, 0.05) is 0 Å². The van der Waals surface area contributed by atoms with Gasteiger partial charge in [-0.25, -0.2) is 0 Å². The molecule has 15 heavy (non-hydrogen) atoms. The summed E-state index contributed by atoms with van der Waals surface area (Å²) in [5.74, 6) is 1.21. The van der Waals surface area contributed by atoms with E-state index in [9.17, 15) is 10.2 Å². The fourth-order valence-electron chi connectivity index (χ4n) is 3.30. The van der Waals surface area contributed by atoms with Gasteiger partial charge in [-0.15, -0.1) is 0 Å². The summed E-state index contributed by atoms with van der Waals surface area (Å²) in [5.41, 5.74) is 0.214. The Balaban J connectivity index is 2.59.